The van der Waals surface area contributed by atoms with E-state index >= 15 is 0 Å². The molecule has 0 aromatic carbocycles. The number of nitrogens with two attached hydrogens (primary N) is 1. The van der Waals surface area contributed by atoms with Gasteiger partial charge in [-0.1, -0.05) is 19.3 Å². The summed E-state index contributed by atoms with van der Waals surface area (Å²) in [6, 6.07) is 0. The SMILES string of the molecule is NCCC1(C2CCCCC2)CCCOC1. The summed E-state index contributed by atoms with van der Waals surface area (Å²) >= 11 is 0. The topological polar surface area (TPSA) is 35.2 Å². The van der Waals surface area contributed by atoms with E-state index in [4.69, 9.17) is 10.5 Å². The van der Waals surface area contributed by atoms with Gasteiger partial charge in [0.2, 0.25) is 0 Å². The van der Waals surface area contributed by atoms with Crippen LogP contribution in [0.25, 0.3) is 0 Å². The van der Waals surface area contributed by atoms with E-state index in [1.807, 2.05) is 0 Å². The van der Waals surface area contributed by atoms with Crippen molar-refractivity contribution in [2.75, 3.05) is 19.8 Å². The summed E-state index contributed by atoms with van der Waals surface area (Å²) in [7, 11) is 0. The van der Waals surface area contributed by atoms with Gasteiger partial charge < -0.3 is 10.5 Å². The molecule has 1 unspecified atom stereocenters. The summed E-state index contributed by atoms with van der Waals surface area (Å²) in [5, 5.41) is 0. The van der Waals surface area contributed by atoms with Gasteiger partial charge >= 0.3 is 0 Å². The first kappa shape index (κ1) is 11.4. The van der Waals surface area contributed by atoms with Crippen LogP contribution in [-0.2, 0) is 4.74 Å². The Morgan fingerprint density at radius 2 is 1.93 bits per heavy atom. The number of rotatable bonds is 3. The quantitative estimate of drug-likeness (QED) is 0.779. The summed E-state index contributed by atoms with van der Waals surface area (Å²) in [5.74, 6) is 0.898. The Balaban J connectivity index is 2.01. The largest absolute Gasteiger partial charge is 0.381 e. The summed E-state index contributed by atoms with van der Waals surface area (Å²) in [6.07, 6.45) is 10.9. The predicted molar refractivity (Wildman–Crippen MR) is 62.7 cm³/mol. The highest BCUT2D eigenvalue weighted by Gasteiger charge is 2.39. The van der Waals surface area contributed by atoms with E-state index in [1.54, 1.807) is 0 Å². The fourth-order valence-electron chi connectivity index (χ4n) is 3.60. The molecule has 0 radical (unpaired) electrons. The Bertz CT molecular complexity index is 175. The van der Waals surface area contributed by atoms with Crippen molar-refractivity contribution in [3.05, 3.63) is 0 Å². The van der Waals surface area contributed by atoms with Crippen LogP contribution >= 0.6 is 0 Å². The minimum Gasteiger partial charge on any atom is -0.381 e. The van der Waals surface area contributed by atoms with Crippen LogP contribution in [0.2, 0.25) is 0 Å². The average Bonchev–Trinajstić information content (AvgIpc) is 2.32. The second kappa shape index (κ2) is 5.31. The first-order valence-electron chi connectivity index (χ1n) is 6.65. The van der Waals surface area contributed by atoms with Crippen molar-refractivity contribution in [3.8, 4) is 0 Å². The fraction of sp³-hybridized carbons (Fsp3) is 1.00. The van der Waals surface area contributed by atoms with Crippen LogP contribution in [0.1, 0.15) is 51.4 Å². The van der Waals surface area contributed by atoms with E-state index in [1.165, 1.54) is 51.4 Å². The molecule has 0 bridgehead atoms. The van der Waals surface area contributed by atoms with Crippen molar-refractivity contribution in [1.29, 1.82) is 0 Å². The standard InChI is InChI=1S/C13H25NO/c14-9-8-13(7-4-10-15-11-13)12-5-2-1-3-6-12/h12H,1-11,14H2. The minimum absolute atomic E-state index is 0.452. The molecule has 0 amide bonds. The lowest BCUT2D eigenvalue weighted by Gasteiger charge is -2.45. The van der Waals surface area contributed by atoms with E-state index in [-0.39, 0.29) is 0 Å². The van der Waals surface area contributed by atoms with Gasteiger partial charge in [0.15, 0.2) is 0 Å². The molecule has 0 aromatic heterocycles. The van der Waals surface area contributed by atoms with Crippen LogP contribution in [0.5, 0.6) is 0 Å². The van der Waals surface area contributed by atoms with Crippen molar-refractivity contribution in [2.45, 2.75) is 51.4 Å². The molecule has 0 aromatic rings. The van der Waals surface area contributed by atoms with E-state index in [0.29, 0.717) is 5.41 Å². The van der Waals surface area contributed by atoms with E-state index < -0.39 is 0 Å². The zero-order valence-corrected chi connectivity index (χ0v) is 9.84. The average molecular weight is 211 g/mol. The first-order valence-corrected chi connectivity index (χ1v) is 6.65. The maximum Gasteiger partial charge on any atom is 0.0525 e. The van der Waals surface area contributed by atoms with E-state index in [9.17, 15) is 0 Å². The second-order valence-corrected chi connectivity index (χ2v) is 5.39. The second-order valence-electron chi connectivity index (χ2n) is 5.39. The van der Waals surface area contributed by atoms with Crippen LogP contribution in [0.4, 0.5) is 0 Å². The van der Waals surface area contributed by atoms with Gasteiger partial charge in [-0.15, -0.1) is 0 Å². The third kappa shape index (κ3) is 2.54. The molecule has 0 spiro atoms. The summed E-state index contributed by atoms with van der Waals surface area (Å²) < 4.78 is 5.74. The monoisotopic (exact) mass is 211 g/mol. The highest BCUT2D eigenvalue weighted by atomic mass is 16.5. The maximum atomic E-state index is 5.80. The van der Waals surface area contributed by atoms with Gasteiger partial charge in [-0.2, -0.15) is 0 Å². The third-order valence-electron chi connectivity index (χ3n) is 4.47. The fourth-order valence-corrected chi connectivity index (χ4v) is 3.60. The molecule has 1 heterocycles. The van der Waals surface area contributed by atoms with Gasteiger partial charge in [0.25, 0.3) is 0 Å². The molecule has 2 nitrogen and oxygen atoms in total. The summed E-state index contributed by atoms with van der Waals surface area (Å²) in [4.78, 5) is 0. The molecule has 1 saturated carbocycles. The molecule has 88 valence electrons. The predicted octanol–water partition coefficient (Wildman–Crippen LogP) is 2.71. The Morgan fingerprint density at radius 3 is 2.53 bits per heavy atom. The lowest BCUT2D eigenvalue weighted by Crippen LogP contribution is -2.41. The van der Waals surface area contributed by atoms with Crippen molar-refractivity contribution >= 4 is 0 Å². The molecule has 2 heteroatoms. The third-order valence-corrected chi connectivity index (χ3v) is 4.47. The van der Waals surface area contributed by atoms with E-state index in [2.05, 4.69) is 0 Å². The molecule has 2 fully saturated rings. The van der Waals surface area contributed by atoms with Crippen LogP contribution in [-0.4, -0.2) is 19.8 Å². The molecule has 1 atom stereocenters. The Morgan fingerprint density at radius 1 is 1.13 bits per heavy atom. The minimum atomic E-state index is 0.452. The van der Waals surface area contributed by atoms with Crippen molar-refractivity contribution in [1.82, 2.24) is 0 Å². The number of hydrogen-bond acceptors (Lipinski definition) is 2. The Kier molecular flexibility index (Phi) is 4.04. The first-order chi connectivity index (χ1) is 7.37. The van der Waals surface area contributed by atoms with E-state index in [0.717, 1.165) is 25.7 Å². The maximum absolute atomic E-state index is 5.80. The molecule has 15 heavy (non-hydrogen) atoms. The molecule has 1 saturated heterocycles. The highest BCUT2D eigenvalue weighted by molar-refractivity contribution is 4.90. The van der Waals surface area contributed by atoms with Gasteiger partial charge in [-0.05, 0) is 50.0 Å². The normalized spacial score (nSPS) is 34.2. The van der Waals surface area contributed by atoms with Gasteiger partial charge in [0.1, 0.15) is 0 Å². The Hall–Kier alpha value is -0.0800. The van der Waals surface area contributed by atoms with Gasteiger partial charge in [0, 0.05) is 6.61 Å². The lowest BCUT2D eigenvalue weighted by atomic mass is 9.64. The smallest absolute Gasteiger partial charge is 0.0525 e. The van der Waals surface area contributed by atoms with Crippen LogP contribution in [0.3, 0.4) is 0 Å². The lowest BCUT2D eigenvalue weighted by molar-refractivity contribution is -0.0556. The van der Waals surface area contributed by atoms with Gasteiger partial charge in [-0.3, -0.25) is 0 Å². The molecule has 1 aliphatic carbocycles. The Labute approximate surface area is 93.6 Å². The number of ether oxygens (including phenoxy) is 1. The molecule has 1 aliphatic heterocycles. The number of hydrogen-bond donors (Lipinski definition) is 1. The molecule has 2 rings (SSSR count). The summed E-state index contributed by atoms with van der Waals surface area (Å²) in [5.41, 5.74) is 6.25. The van der Waals surface area contributed by atoms with Crippen molar-refractivity contribution in [3.63, 3.8) is 0 Å². The molecule has 2 aliphatic rings. The summed E-state index contributed by atoms with van der Waals surface area (Å²) in [6.45, 7) is 2.79. The highest BCUT2D eigenvalue weighted by Crippen LogP contribution is 2.45. The van der Waals surface area contributed by atoms with Crippen molar-refractivity contribution in [2.24, 2.45) is 17.1 Å². The zero-order valence-electron chi connectivity index (χ0n) is 9.84. The molecule has 2 N–H and O–H groups in total. The van der Waals surface area contributed by atoms with Gasteiger partial charge in [0.05, 0.1) is 6.61 Å². The van der Waals surface area contributed by atoms with Gasteiger partial charge in [-0.25, -0.2) is 0 Å². The molecular weight excluding hydrogens is 186 g/mol. The van der Waals surface area contributed by atoms with Crippen LogP contribution in [0, 0.1) is 11.3 Å². The van der Waals surface area contributed by atoms with Crippen molar-refractivity contribution < 1.29 is 4.74 Å². The zero-order chi connectivity index (χ0) is 10.6. The van der Waals surface area contributed by atoms with Crippen LogP contribution in [0.15, 0.2) is 0 Å². The van der Waals surface area contributed by atoms with Crippen LogP contribution < -0.4 is 5.73 Å². The molecular formula is C13H25NO.